The zero-order chi connectivity index (χ0) is 23.6. The fraction of sp³-hybridized carbons (Fsp3) is 0.269. The third-order valence-corrected chi connectivity index (χ3v) is 8.07. The van der Waals surface area contributed by atoms with Crippen LogP contribution < -0.4 is 9.62 Å². The van der Waals surface area contributed by atoms with Crippen LogP contribution in [0.5, 0.6) is 0 Å². The van der Waals surface area contributed by atoms with E-state index >= 15 is 0 Å². The predicted octanol–water partition coefficient (Wildman–Crippen LogP) is 5.40. The quantitative estimate of drug-likeness (QED) is 0.448. The van der Waals surface area contributed by atoms with Gasteiger partial charge in [0.15, 0.2) is 0 Å². The molecule has 0 radical (unpaired) electrons. The zero-order valence-corrected chi connectivity index (χ0v) is 21.1. The second-order valence-corrected chi connectivity index (χ2v) is 11.1. The number of rotatable bonds is 7. The summed E-state index contributed by atoms with van der Waals surface area (Å²) < 4.78 is 29.3. The number of fused-ring (bicyclic) bond motifs is 1. The molecule has 1 aliphatic heterocycles. The van der Waals surface area contributed by atoms with Crippen molar-refractivity contribution in [2.75, 3.05) is 4.90 Å². The summed E-state index contributed by atoms with van der Waals surface area (Å²) in [6, 6.07) is 22.1. The van der Waals surface area contributed by atoms with Crippen LogP contribution in [0.3, 0.4) is 0 Å². The SMILES string of the molecule is C[C@@H](NS(=O)(=O)c1ccc(CCC(=O)N2c3ccc(Br)cc3C[C@@H]2C)cc1)c1ccccc1. The number of anilines is 1. The maximum absolute atomic E-state index is 13.0. The van der Waals surface area contributed by atoms with Gasteiger partial charge in [-0.15, -0.1) is 0 Å². The molecule has 0 aromatic heterocycles. The molecular formula is C26H27BrN2O3S. The Morgan fingerprint density at radius 3 is 2.48 bits per heavy atom. The van der Waals surface area contributed by atoms with E-state index in [1.807, 2.05) is 54.3 Å². The van der Waals surface area contributed by atoms with E-state index in [2.05, 4.69) is 33.6 Å². The first-order valence-corrected chi connectivity index (χ1v) is 13.3. The van der Waals surface area contributed by atoms with E-state index in [9.17, 15) is 13.2 Å². The van der Waals surface area contributed by atoms with Crippen molar-refractivity contribution in [1.29, 1.82) is 0 Å². The molecule has 3 aromatic rings. The summed E-state index contributed by atoms with van der Waals surface area (Å²) in [5, 5.41) is 0. The van der Waals surface area contributed by atoms with Crippen molar-refractivity contribution in [3.8, 4) is 0 Å². The minimum atomic E-state index is -3.64. The number of nitrogens with zero attached hydrogens (tertiary/aromatic N) is 1. The Balaban J connectivity index is 1.38. The van der Waals surface area contributed by atoms with Crippen LogP contribution in [0.25, 0.3) is 0 Å². The Hall–Kier alpha value is -2.48. The third kappa shape index (κ3) is 5.37. The maximum atomic E-state index is 13.0. The monoisotopic (exact) mass is 526 g/mol. The number of hydrogen-bond acceptors (Lipinski definition) is 3. The lowest BCUT2D eigenvalue weighted by atomic mass is 10.1. The summed E-state index contributed by atoms with van der Waals surface area (Å²) in [6.07, 6.45) is 1.78. The lowest BCUT2D eigenvalue weighted by Gasteiger charge is -2.23. The molecule has 4 rings (SSSR count). The minimum Gasteiger partial charge on any atom is -0.309 e. The summed E-state index contributed by atoms with van der Waals surface area (Å²) in [5.41, 5.74) is 4.00. The van der Waals surface area contributed by atoms with Crippen molar-refractivity contribution < 1.29 is 13.2 Å². The highest BCUT2D eigenvalue weighted by molar-refractivity contribution is 9.10. The van der Waals surface area contributed by atoms with Crippen molar-refractivity contribution in [2.24, 2.45) is 0 Å². The average molecular weight is 527 g/mol. The molecular weight excluding hydrogens is 500 g/mol. The van der Waals surface area contributed by atoms with E-state index in [-0.39, 0.29) is 22.9 Å². The third-order valence-electron chi connectivity index (χ3n) is 6.02. The molecule has 2 atom stereocenters. The molecule has 0 fully saturated rings. The number of nitrogens with one attached hydrogen (secondary N) is 1. The summed E-state index contributed by atoms with van der Waals surface area (Å²) in [6.45, 7) is 3.89. The van der Waals surface area contributed by atoms with Crippen molar-refractivity contribution in [3.63, 3.8) is 0 Å². The molecule has 5 nitrogen and oxygen atoms in total. The fourth-order valence-electron chi connectivity index (χ4n) is 4.30. The van der Waals surface area contributed by atoms with Gasteiger partial charge in [0.2, 0.25) is 15.9 Å². The van der Waals surface area contributed by atoms with Crippen molar-refractivity contribution in [3.05, 3.63) is 94.0 Å². The van der Waals surface area contributed by atoms with Crippen molar-refractivity contribution in [1.82, 2.24) is 4.72 Å². The van der Waals surface area contributed by atoms with E-state index < -0.39 is 10.0 Å². The van der Waals surface area contributed by atoms with Gasteiger partial charge in [0.1, 0.15) is 0 Å². The largest absolute Gasteiger partial charge is 0.309 e. The van der Waals surface area contributed by atoms with Gasteiger partial charge in [-0.05, 0) is 73.7 Å². The molecule has 3 aromatic carbocycles. The minimum absolute atomic E-state index is 0.0821. The number of sulfonamides is 1. The van der Waals surface area contributed by atoms with Crippen LogP contribution in [-0.4, -0.2) is 20.4 Å². The van der Waals surface area contributed by atoms with Crippen LogP contribution >= 0.6 is 15.9 Å². The molecule has 1 heterocycles. The Morgan fingerprint density at radius 2 is 1.79 bits per heavy atom. The molecule has 0 saturated carbocycles. The normalized spacial score (nSPS) is 16.5. The van der Waals surface area contributed by atoms with Crippen LogP contribution in [0.15, 0.2) is 82.2 Å². The van der Waals surface area contributed by atoms with Gasteiger partial charge in [-0.1, -0.05) is 58.4 Å². The molecule has 1 aliphatic rings. The number of amides is 1. The Bertz CT molecular complexity index is 1240. The van der Waals surface area contributed by atoms with Gasteiger partial charge < -0.3 is 4.90 Å². The summed E-state index contributed by atoms with van der Waals surface area (Å²) in [7, 11) is -3.64. The molecule has 7 heteroatoms. The summed E-state index contributed by atoms with van der Waals surface area (Å²) in [4.78, 5) is 15.1. The van der Waals surface area contributed by atoms with E-state index in [0.29, 0.717) is 12.8 Å². The number of aryl methyl sites for hydroxylation is 1. The second-order valence-electron chi connectivity index (χ2n) is 8.49. The van der Waals surface area contributed by atoms with E-state index in [1.165, 1.54) is 5.56 Å². The Labute approximate surface area is 204 Å². The molecule has 0 unspecified atom stereocenters. The zero-order valence-electron chi connectivity index (χ0n) is 18.7. The number of carbonyl (C=O) groups excluding carboxylic acids is 1. The standard InChI is InChI=1S/C26H27BrN2O3S/c1-18-16-22-17-23(27)11-14-25(22)29(18)26(30)15-10-20-8-12-24(13-9-20)33(31,32)28-19(2)21-6-4-3-5-7-21/h3-9,11-14,17-19,28H,10,15-16H2,1-2H3/t18-,19+/m0/s1. The van der Waals surface area contributed by atoms with E-state index in [1.54, 1.807) is 24.3 Å². The average Bonchev–Trinajstić information content (AvgIpc) is 3.12. The number of benzene rings is 3. The molecule has 0 spiro atoms. The van der Waals surface area contributed by atoms with Crippen LogP contribution in [-0.2, 0) is 27.7 Å². The Morgan fingerprint density at radius 1 is 1.09 bits per heavy atom. The first-order chi connectivity index (χ1) is 15.7. The number of hydrogen-bond donors (Lipinski definition) is 1. The first kappa shape index (κ1) is 23.7. The van der Waals surface area contributed by atoms with E-state index in [4.69, 9.17) is 0 Å². The second kappa shape index (κ2) is 9.79. The van der Waals surface area contributed by atoms with Crippen LogP contribution in [0, 0.1) is 0 Å². The van der Waals surface area contributed by atoms with Gasteiger partial charge in [0.05, 0.1) is 4.90 Å². The summed E-state index contributed by atoms with van der Waals surface area (Å²) in [5.74, 6) is 0.0821. The van der Waals surface area contributed by atoms with Crippen molar-refractivity contribution >= 4 is 37.5 Å². The van der Waals surface area contributed by atoms with Gasteiger partial charge in [-0.25, -0.2) is 13.1 Å². The highest BCUT2D eigenvalue weighted by Crippen LogP contribution is 2.34. The molecule has 0 aliphatic carbocycles. The molecule has 0 bridgehead atoms. The highest BCUT2D eigenvalue weighted by Gasteiger charge is 2.30. The maximum Gasteiger partial charge on any atom is 0.241 e. The number of carbonyl (C=O) groups is 1. The van der Waals surface area contributed by atoms with Crippen LogP contribution in [0.4, 0.5) is 5.69 Å². The van der Waals surface area contributed by atoms with Gasteiger partial charge in [0.25, 0.3) is 0 Å². The Kier molecular flexibility index (Phi) is 7.02. The molecule has 1 amide bonds. The van der Waals surface area contributed by atoms with E-state index in [0.717, 1.165) is 27.7 Å². The fourth-order valence-corrected chi connectivity index (χ4v) is 5.94. The van der Waals surface area contributed by atoms with Gasteiger partial charge in [0, 0.05) is 28.7 Å². The summed E-state index contributed by atoms with van der Waals surface area (Å²) >= 11 is 3.50. The van der Waals surface area contributed by atoms with Crippen LogP contribution in [0.1, 0.15) is 43.0 Å². The van der Waals surface area contributed by atoms with Gasteiger partial charge >= 0.3 is 0 Å². The number of halogens is 1. The molecule has 0 saturated heterocycles. The van der Waals surface area contributed by atoms with Gasteiger partial charge in [-0.3, -0.25) is 4.79 Å². The lowest BCUT2D eigenvalue weighted by Crippen LogP contribution is -2.35. The molecule has 1 N–H and O–H groups in total. The highest BCUT2D eigenvalue weighted by atomic mass is 79.9. The smallest absolute Gasteiger partial charge is 0.241 e. The lowest BCUT2D eigenvalue weighted by molar-refractivity contribution is -0.118. The molecule has 33 heavy (non-hydrogen) atoms. The first-order valence-electron chi connectivity index (χ1n) is 11.0. The van der Waals surface area contributed by atoms with Gasteiger partial charge in [-0.2, -0.15) is 0 Å². The predicted molar refractivity (Wildman–Crippen MR) is 135 cm³/mol. The van der Waals surface area contributed by atoms with Crippen LogP contribution in [0.2, 0.25) is 0 Å². The topological polar surface area (TPSA) is 66.5 Å². The molecule has 172 valence electrons. The van der Waals surface area contributed by atoms with Crippen molar-refractivity contribution in [2.45, 2.75) is 50.1 Å².